The lowest BCUT2D eigenvalue weighted by Gasteiger charge is -1.98. The van der Waals surface area contributed by atoms with Gasteiger partial charge in [-0.15, -0.1) is 0 Å². The number of halogens is 2. The summed E-state index contributed by atoms with van der Waals surface area (Å²) in [7, 11) is 0. The molecule has 0 aliphatic heterocycles. The second-order valence-electron chi connectivity index (χ2n) is 3.23. The van der Waals surface area contributed by atoms with Crippen molar-refractivity contribution in [3.8, 4) is 0 Å². The van der Waals surface area contributed by atoms with Crippen molar-refractivity contribution in [2.45, 2.75) is 0 Å². The van der Waals surface area contributed by atoms with Crippen LogP contribution in [0, 0.1) is 3.57 Å². The van der Waals surface area contributed by atoms with Gasteiger partial charge in [0.1, 0.15) is 0 Å². The molecule has 0 radical (unpaired) electrons. The standard InChI is InChI=1S/C13H9ClIN/c14-11-6-2-1-5-10(11)9-16-13-8-4-3-7-12(13)15/h1-9H. The van der Waals surface area contributed by atoms with Crippen molar-refractivity contribution in [3.05, 3.63) is 62.7 Å². The van der Waals surface area contributed by atoms with E-state index >= 15 is 0 Å². The zero-order valence-electron chi connectivity index (χ0n) is 8.40. The lowest BCUT2D eigenvalue weighted by molar-refractivity contribution is 1.49. The van der Waals surface area contributed by atoms with Crippen LogP contribution in [0.25, 0.3) is 0 Å². The highest BCUT2D eigenvalue weighted by molar-refractivity contribution is 14.1. The Balaban J connectivity index is 2.29. The molecule has 2 aromatic rings. The van der Waals surface area contributed by atoms with E-state index in [-0.39, 0.29) is 0 Å². The molecule has 0 amide bonds. The summed E-state index contributed by atoms with van der Waals surface area (Å²) in [6.07, 6.45) is 1.79. The van der Waals surface area contributed by atoms with E-state index in [0.29, 0.717) is 0 Å². The van der Waals surface area contributed by atoms with Gasteiger partial charge in [-0.2, -0.15) is 0 Å². The Labute approximate surface area is 113 Å². The first-order valence-corrected chi connectivity index (χ1v) is 6.26. The smallest absolute Gasteiger partial charge is 0.0763 e. The van der Waals surface area contributed by atoms with Crippen LogP contribution in [0.5, 0.6) is 0 Å². The van der Waals surface area contributed by atoms with E-state index in [2.05, 4.69) is 27.6 Å². The van der Waals surface area contributed by atoms with Gasteiger partial charge in [-0.05, 0) is 40.8 Å². The van der Waals surface area contributed by atoms with E-state index in [4.69, 9.17) is 11.6 Å². The fourth-order valence-electron chi connectivity index (χ4n) is 1.28. The van der Waals surface area contributed by atoms with Crippen molar-refractivity contribution < 1.29 is 0 Å². The van der Waals surface area contributed by atoms with Crippen LogP contribution >= 0.6 is 34.2 Å². The van der Waals surface area contributed by atoms with Gasteiger partial charge in [0.15, 0.2) is 0 Å². The maximum atomic E-state index is 6.04. The number of benzene rings is 2. The Morgan fingerprint density at radius 1 is 1.00 bits per heavy atom. The number of rotatable bonds is 2. The van der Waals surface area contributed by atoms with Gasteiger partial charge in [-0.1, -0.05) is 41.9 Å². The summed E-state index contributed by atoms with van der Waals surface area (Å²) < 4.78 is 1.13. The summed E-state index contributed by atoms with van der Waals surface area (Å²) in [5.41, 5.74) is 1.90. The van der Waals surface area contributed by atoms with Crippen LogP contribution in [-0.4, -0.2) is 6.21 Å². The summed E-state index contributed by atoms with van der Waals surface area (Å²) in [6.45, 7) is 0. The number of hydrogen-bond acceptors (Lipinski definition) is 1. The molecule has 0 aliphatic rings. The normalized spacial score (nSPS) is 10.9. The average molecular weight is 342 g/mol. The minimum absolute atomic E-state index is 0.720. The minimum atomic E-state index is 0.720. The largest absolute Gasteiger partial charge is 0.255 e. The summed E-state index contributed by atoms with van der Waals surface area (Å²) in [5.74, 6) is 0. The van der Waals surface area contributed by atoms with Crippen LogP contribution in [0.4, 0.5) is 5.69 Å². The maximum absolute atomic E-state index is 6.04. The summed E-state index contributed by atoms with van der Waals surface area (Å²) in [5, 5.41) is 0.720. The van der Waals surface area contributed by atoms with Gasteiger partial charge in [-0.25, -0.2) is 0 Å². The predicted molar refractivity (Wildman–Crippen MR) is 77.9 cm³/mol. The second kappa shape index (κ2) is 5.46. The number of aliphatic imine (C=N–C) groups is 1. The highest BCUT2D eigenvalue weighted by Gasteiger charge is 1.96. The minimum Gasteiger partial charge on any atom is -0.255 e. The van der Waals surface area contributed by atoms with E-state index in [1.807, 2.05) is 48.5 Å². The first-order chi connectivity index (χ1) is 7.77. The molecule has 0 fully saturated rings. The van der Waals surface area contributed by atoms with Crippen molar-refractivity contribution in [1.82, 2.24) is 0 Å². The third-order valence-electron chi connectivity index (χ3n) is 2.10. The van der Waals surface area contributed by atoms with Gasteiger partial charge < -0.3 is 0 Å². The number of hydrogen-bond donors (Lipinski definition) is 0. The Morgan fingerprint density at radius 3 is 2.44 bits per heavy atom. The van der Waals surface area contributed by atoms with Gasteiger partial charge in [0.2, 0.25) is 0 Å². The quantitative estimate of drug-likeness (QED) is 0.555. The fourth-order valence-corrected chi connectivity index (χ4v) is 1.99. The molecule has 0 unspecified atom stereocenters. The summed E-state index contributed by atoms with van der Waals surface area (Å²) in [6, 6.07) is 15.6. The van der Waals surface area contributed by atoms with Crippen molar-refractivity contribution in [2.75, 3.05) is 0 Å². The Hall–Kier alpha value is -0.870. The average Bonchev–Trinajstić information content (AvgIpc) is 2.30. The van der Waals surface area contributed by atoms with Crippen LogP contribution in [0.3, 0.4) is 0 Å². The van der Waals surface area contributed by atoms with Gasteiger partial charge >= 0.3 is 0 Å². The van der Waals surface area contributed by atoms with E-state index in [1.54, 1.807) is 6.21 Å². The molecule has 0 aromatic heterocycles. The highest BCUT2D eigenvalue weighted by atomic mass is 127. The lowest BCUT2D eigenvalue weighted by atomic mass is 10.2. The molecule has 2 aromatic carbocycles. The zero-order valence-corrected chi connectivity index (χ0v) is 11.3. The van der Waals surface area contributed by atoms with Crippen LogP contribution in [-0.2, 0) is 0 Å². The van der Waals surface area contributed by atoms with Crippen LogP contribution < -0.4 is 0 Å². The van der Waals surface area contributed by atoms with Gasteiger partial charge in [0.25, 0.3) is 0 Å². The van der Waals surface area contributed by atoms with E-state index < -0.39 is 0 Å². The molecule has 0 saturated carbocycles. The fraction of sp³-hybridized carbons (Fsp3) is 0. The SMILES string of the molecule is Clc1ccccc1C=Nc1ccccc1I. The molecule has 1 nitrogen and oxygen atoms in total. The van der Waals surface area contributed by atoms with Gasteiger partial charge in [0, 0.05) is 20.4 Å². The number of para-hydroxylation sites is 1. The van der Waals surface area contributed by atoms with Crippen LogP contribution in [0.1, 0.15) is 5.56 Å². The molecule has 0 aliphatic carbocycles. The van der Waals surface area contributed by atoms with E-state index in [9.17, 15) is 0 Å². The molecule has 80 valence electrons. The van der Waals surface area contributed by atoms with E-state index in [0.717, 1.165) is 19.8 Å². The molecular formula is C13H9ClIN. The zero-order chi connectivity index (χ0) is 11.4. The monoisotopic (exact) mass is 341 g/mol. The topological polar surface area (TPSA) is 12.4 Å². The third-order valence-corrected chi connectivity index (χ3v) is 3.36. The summed E-state index contributed by atoms with van der Waals surface area (Å²) >= 11 is 8.30. The Bertz CT molecular complexity index is 475. The van der Waals surface area contributed by atoms with E-state index in [1.165, 1.54) is 0 Å². The molecule has 0 atom stereocenters. The Kier molecular flexibility index (Phi) is 3.96. The molecule has 0 heterocycles. The molecule has 0 N–H and O–H groups in total. The third kappa shape index (κ3) is 2.83. The first-order valence-electron chi connectivity index (χ1n) is 4.80. The number of nitrogens with zero attached hydrogens (tertiary/aromatic N) is 1. The lowest BCUT2D eigenvalue weighted by Crippen LogP contribution is -1.82. The maximum Gasteiger partial charge on any atom is 0.0763 e. The van der Waals surface area contributed by atoms with Crippen molar-refractivity contribution in [3.63, 3.8) is 0 Å². The molecule has 2 rings (SSSR count). The first kappa shape index (κ1) is 11.6. The van der Waals surface area contributed by atoms with Crippen LogP contribution in [0.15, 0.2) is 53.5 Å². The molecule has 0 spiro atoms. The predicted octanol–water partition coefficient (Wildman–Crippen LogP) is 4.70. The van der Waals surface area contributed by atoms with Crippen molar-refractivity contribution in [2.24, 2.45) is 4.99 Å². The van der Waals surface area contributed by atoms with Crippen molar-refractivity contribution in [1.29, 1.82) is 0 Å². The van der Waals surface area contributed by atoms with Crippen molar-refractivity contribution >= 4 is 46.1 Å². The molecular weight excluding hydrogens is 333 g/mol. The molecule has 0 saturated heterocycles. The highest BCUT2D eigenvalue weighted by Crippen LogP contribution is 2.21. The van der Waals surface area contributed by atoms with Gasteiger partial charge in [0.05, 0.1) is 5.69 Å². The summed E-state index contributed by atoms with van der Waals surface area (Å²) in [4.78, 5) is 4.42. The Morgan fingerprint density at radius 2 is 1.69 bits per heavy atom. The molecule has 0 bridgehead atoms. The molecule has 3 heteroatoms. The van der Waals surface area contributed by atoms with Crippen LogP contribution in [0.2, 0.25) is 5.02 Å². The second-order valence-corrected chi connectivity index (χ2v) is 4.80. The molecule has 16 heavy (non-hydrogen) atoms. The van der Waals surface area contributed by atoms with Gasteiger partial charge in [-0.3, -0.25) is 4.99 Å².